The van der Waals surface area contributed by atoms with Gasteiger partial charge in [0, 0.05) is 60.4 Å². The minimum atomic E-state index is -1.21. The van der Waals surface area contributed by atoms with Crippen molar-refractivity contribution in [2.24, 2.45) is 7.05 Å². The molecule has 3 aliphatic rings. The first-order valence-corrected chi connectivity index (χ1v) is 23.5. The zero-order valence-electron chi connectivity index (χ0n) is 38.6. The summed E-state index contributed by atoms with van der Waals surface area (Å²) in [7, 11) is 7.57. The molecule has 354 valence electrons. The van der Waals surface area contributed by atoms with Crippen LogP contribution in [0.1, 0.15) is 48.7 Å². The van der Waals surface area contributed by atoms with E-state index in [0.29, 0.717) is 53.2 Å². The van der Waals surface area contributed by atoms with Crippen LogP contribution in [0.2, 0.25) is 10.0 Å². The summed E-state index contributed by atoms with van der Waals surface area (Å²) in [6.07, 6.45) is 1.96. The van der Waals surface area contributed by atoms with E-state index in [1.165, 1.54) is 4.90 Å². The molecule has 3 aliphatic heterocycles. The van der Waals surface area contributed by atoms with E-state index >= 15 is 4.79 Å². The molecule has 2 bridgehead atoms. The van der Waals surface area contributed by atoms with Gasteiger partial charge >= 0.3 is 6.09 Å². The van der Waals surface area contributed by atoms with E-state index < -0.39 is 48.1 Å². The van der Waals surface area contributed by atoms with Crippen molar-refractivity contribution in [1.82, 2.24) is 34.9 Å². The fraction of sp³-hybridized carbons (Fsp3) is 0.412. The van der Waals surface area contributed by atoms with E-state index in [0.717, 1.165) is 47.5 Å². The van der Waals surface area contributed by atoms with Gasteiger partial charge in [-0.15, -0.1) is 0 Å². The molecule has 67 heavy (non-hydrogen) atoms. The molecule has 0 saturated carbocycles. The van der Waals surface area contributed by atoms with Gasteiger partial charge in [-0.25, -0.2) is 9.78 Å². The number of epoxide rings is 1. The lowest BCUT2D eigenvalue weighted by Gasteiger charge is -2.38. The summed E-state index contributed by atoms with van der Waals surface area (Å²) < 4.78 is 26.9. The van der Waals surface area contributed by atoms with Crippen molar-refractivity contribution in [3.63, 3.8) is 0 Å². The van der Waals surface area contributed by atoms with Crippen LogP contribution in [-0.2, 0) is 56.8 Å². The van der Waals surface area contributed by atoms with Crippen molar-refractivity contribution < 1.29 is 33.3 Å². The third-order valence-corrected chi connectivity index (χ3v) is 13.3. The number of ether oxygens (including phenoxy) is 4. The number of amides is 3. The van der Waals surface area contributed by atoms with Gasteiger partial charge in [0.05, 0.1) is 37.6 Å². The standard InChI is InChI=1S/C51H59Cl2N7O7/c1-33-47(61)55-41(31-64-5)46-48(67-46)56-51(27-35-13-18-38(52)19-14-35)23-9-10-24-59(32-51)49(62)44(25-34-11-7-6-8-12-34)66-50(63)60(33)29-37-15-20-39(53)26-43(37)65-40-21-16-36(17-22-40)42-28-54-45(58(42)4)30-57(2)3/h6-8,11-22,26,28,33,41,44,46,48,56H,9-10,23-25,27,29-32H2,1-5H3,(H,55,61)/t33-,41-,44-,46?,48?,51+/m0/s1. The van der Waals surface area contributed by atoms with Crippen molar-refractivity contribution in [1.29, 1.82) is 0 Å². The lowest BCUT2D eigenvalue weighted by Crippen LogP contribution is -2.58. The highest BCUT2D eigenvalue weighted by molar-refractivity contribution is 6.31. The normalized spacial score (nSPS) is 23.7. The zero-order chi connectivity index (χ0) is 47.2. The molecule has 0 radical (unpaired) electrons. The van der Waals surface area contributed by atoms with E-state index in [2.05, 4.69) is 25.1 Å². The lowest BCUT2D eigenvalue weighted by molar-refractivity contribution is -0.142. The third-order valence-electron chi connectivity index (χ3n) is 12.8. The molecule has 0 spiro atoms. The minimum Gasteiger partial charge on any atom is -0.457 e. The summed E-state index contributed by atoms with van der Waals surface area (Å²) in [6.45, 7) is 3.17. The van der Waals surface area contributed by atoms with Gasteiger partial charge in [-0.05, 0) is 106 Å². The zero-order valence-corrected chi connectivity index (χ0v) is 40.1. The number of fused-ring (bicyclic) bond motifs is 3. The second-order valence-corrected chi connectivity index (χ2v) is 19.0. The van der Waals surface area contributed by atoms with Crippen LogP contribution in [0.4, 0.5) is 4.79 Å². The fourth-order valence-electron chi connectivity index (χ4n) is 9.14. The highest BCUT2D eigenvalue weighted by Crippen LogP contribution is 2.35. The van der Waals surface area contributed by atoms with Gasteiger partial charge in [-0.2, -0.15) is 0 Å². The Morgan fingerprint density at radius 2 is 1.67 bits per heavy atom. The van der Waals surface area contributed by atoms with Crippen LogP contribution in [0.3, 0.4) is 0 Å². The largest absolute Gasteiger partial charge is 0.457 e. The number of cyclic esters (lactones) is 1. The highest BCUT2D eigenvalue weighted by Gasteiger charge is 2.51. The van der Waals surface area contributed by atoms with Crippen LogP contribution < -0.4 is 15.4 Å². The maximum atomic E-state index is 15.1. The Labute approximate surface area is 402 Å². The first-order valence-electron chi connectivity index (χ1n) is 22.8. The fourth-order valence-corrected chi connectivity index (χ4v) is 9.43. The van der Waals surface area contributed by atoms with Crippen LogP contribution in [0, 0.1) is 0 Å². The molecule has 8 rings (SSSR count). The molecule has 2 unspecified atom stereocenters. The minimum absolute atomic E-state index is 0.124. The number of benzene rings is 4. The second kappa shape index (κ2) is 21.2. The van der Waals surface area contributed by atoms with Crippen molar-refractivity contribution in [2.75, 3.05) is 40.9 Å². The van der Waals surface area contributed by atoms with E-state index in [4.69, 9.17) is 42.1 Å². The highest BCUT2D eigenvalue weighted by atomic mass is 35.5. The van der Waals surface area contributed by atoms with Crippen molar-refractivity contribution in [3.05, 3.63) is 136 Å². The number of carbonyl (C=O) groups excluding carboxylic acids is 3. The molecule has 4 heterocycles. The summed E-state index contributed by atoms with van der Waals surface area (Å²) in [4.78, 5) is 54.3. The first-order chi connectivity index (χ1) is 32.3. The number of imidazole rings is 1. The van der Waals surface area contributed by atoms with Crippen LogP contribution in [-0.4, -0.2) is 119 Å². The van der Waals surface area contributed by atoms with Gasteiger partial charge < -0.3 is 38.6 Å². The average Bonchev–Trinajstić information content (AvgIpc) is 4.03. The monoisotopic (exact) mass is 951 g/mol. The molecule has 3 saturated heterocycles. The molecule has 0 aliphatic carbocycles. The molecule has 6 atom stereocenters. The Hall–Kier alpha value is -5.48. The van der Waals surface area contributed by atoms with Gasteiger partial charge in [-0.3, -0.25) is 19.8 Å². The summed E-state index contributed by atoms with van der Waals surface area (Å²) in [6, 6.07) is 28.3. The van der Waals surface area contributed by atoms with Crippen molar-refractivity contribution in [2.45, 2.75) is 88.2 Å². The van der Waals surface area contributed by atoms with E-state index in [1.807, 2.05) is 111 Å². The van der Waals surface area contributed by atoms with Crippen LogP contribution in [0.15, 0.2) is 103 Å². The summed E-state index contributed by atoms with van der Waals surface area (Å²) in [5.41, 5.74) is 3.71. The molecule has 3 fully saturated rings. The van der Waals surface area contributed by atoms with Crippen LogP contribution in [0.25, 0.3) is 11.3 Å². The molecule has 16 heteroatoms. The molecule has 4 aromatic carbocycles. The Balaban J connectivity index is 1.12. The van der Waals surface area contributed by atoms with Gasteiger partial charge in [-0.1, -0.05) is 71.7 Å². The molecular weight excluding hydrogens is 894 g/mol. The Kier molecular flexibility index (Phi) is 15.2. The van der Waals surface area contributed by atoms with Crippen LogP contribution >= 0.6 is 23.2 Å². The number of hydrogen-bond acceptors (Lipinski definition) is 10. The Morgan fingerprint density at radius 1 is 0.925 bits per heavy atom. The third kappa shape index (κ3) is 11.8. The number of rotatable bonds is 13. The van der Waals surface area contributed by atoms with Gasteiger partial charge in [0.1, 0.15) is 35.7 Å². The Bertz CT molecular complexity index is 2510. The van der Waals surface area contributed by atoms with Gasteiger partial charge in [0.2, 0.25) is 5.91 Å². The number of hydrogen-bond donors (Lipinski definition) is 2. The smallest absolute Gasteiger partial charge is 0.411 e. The molecule has 5 aromatic rings. The van der Waals surface area contributed by atoms with E-state index in [-0.39, 0.29) is 25.5 Å². The summed E-state index contributed by atoms with van der Waals surface area (Å²) in [5, 5.41) is 7.98. The number of nitrogens with one attached hydrogen (secondary N) is 2. The van der Waals surface area contributed by atoms with E-state index in [9.17, 15) is 9.59 Å². The predicted octanol–water partition coefficient (Wildman–Crippen LogP) is 7.64. The SMILES string of the molecule is COC[C@@H]1NC(=O)[C@H](C)N(Cc2ccc(Cl)cc2Oc2ccc(-c3cnc(CN(C)C)n3C)cc2)C(=O)O[C@@H](Cc2ccccc2)C(=O)N2CCCC[C@@](Cc3ccc(Cl)cc3)(C2)NC2OC21. The van der Waals surface area contributed by atoms with Crippen molar-refractivity contribution in [3.8, 4) is 22.8 Å². The summed E-state index contributed by atoms with van der Waals surface area (Å²) >= 11 is 12.9. The second-order valence-electron chi connectivity index (χ2n) is 18.1. The van der Waals surface area contributed by atoms with Crippen LogP contribution in [0.5, 0.6) is 11.5 Å². The van der Waals surface area contributed by atoms with E-state index in [1.54, 1.807) is 32.2 Å². The molecular formula is C51H59Cl2N7O7. The van der Waals surface area contributed by atoms with Gasteiger partial charge in [0.25, 0.3) is 5.91 Å². The topological polar surface area (TPSA) is 143 Å². The molecule has 1 aromatic heterocycles. The predicted molar refractivity (Wildman–Crippen MR) is 257 cm³/mol. The van der Waals surface area contributed by atoms with Crippen molar-refractivity contribution >= 4 is 41.1 Å². The number of methoxy groups -OCH3 is 1. The Morgan fingerprint density at radius 3 is 2.40 bits per heavy atom. The number of aromatic nitrogens is 2. The number of carbonyl (C=O) groups is 3. The number of nitrogens with zero attached hydrogens (tertiary/aromatic N) is 5. The quantitative estimate of drug-likeness (QED) is 0.113. The summed E-state index contributed by atoms with van der Waals surface area (Å²) in [5.74, 6) is 1.07. The maximum absolute atomic E-state index is 15.1. The number of halogens is 2. The first kappa shape index (κ1) is 48.0. The average molecular weight is 953 g/mol. The molecule has 2 N–H and O–H groups in total. The molecule has 14 nitrogen and oxygen atoms in total. The lowest BCUT2D eigenvalue weighted by atomic mass is 9.85. The molecule has 3 amide bonds. The van der Waals surface area contributed by atoms with Gasteiger partial charge in [0.15, 0.2) is 6.10 Å². The maximum Gasteiger partial charge on any atom is 0.411 e.